The smallest absolute Gasteiger partial charge is 0.187 e. The third-order valence-electron chi connectivity index (χ3n) is 5.89. The van der Waals surface area contributed by atoms with E-state index in [4.69, 9.17) is 9.47 Å². The van der Waals surface area contributed by atoms with E-state index in [2.05, 4.69) is 27.7 Å². The highest BCUT2D eigenvalue weighted by Crippen LogP contribution is 2.45. The maximum atomic E-state index is 10.9. The van der Waals surface area contributed by atoms with Gasteiger partial charge in [0.05, 0.1) is 24.4 Å². The standard InChI is InChI=1S/C20H40O5/c1-7-10-12-20(6,9-3)15-14(13-21)24-18(17(23)16(15)22)25-19(4,5)11-8-2/h14-18,21-23H,7-13H2,1-6H3. The van der Waals surface area contributed by atoms with Crippen molar-refractivity contribution in [3.05, 3.63) is 0 Å². The highest BCUT2D eigenvalue weighted by Gasteiger charge is 2.52. The summed E-state index contributed by atoms with van der Waals surface area (Å²) in [4.78, 5) is 0. The molecule has 0 aromatic carbocycles. The van der Waals surface area contributed by atoms with Crippen LogP contribution in [0.25, 0.3) is 0 Å². The van der Waals surface area contributed by atoms with Gasteiger partial charge in [0.25, 0.3) is 0 Å². The number of aliphatic hydroxyl groups excluding tert-OH is 3. The molecule has 1 heterocycles. The number of hydrogen-bond acceptors (Lipinski definition) is 5. The minimum atomic E-state index is -1.11. The third-order valence-corrected chi connectivity index (χ3v) is 5.89. The Morgan fingerprint density at radius 3 is 2.08 bits per heavy atom. The molecular formula is C20H40O5. The van der Waals surface area contributed by atoms with E-state index < -0.39 is 30.2 Å². The number of aliphatic hydroxyl groups is 3. The van der Waals surface area contributed by atoms with Gasteiger partial charge >= 0.3 is 0 Å². The Bertz CT molecular complexity index is 384. The fourth-order valence-corrected chi connectivity index (χ4v) is 4.18. The zero-order valence-corrected chi connectivity index (χ0v) is 17.0. The fraction of sp³-hybridized carbons (Fsp3) is 1.00. The Morgan fingerprint density at radius 1 is 0.960 bits per heavy atom. The molecule has 6 unspecified atom stereocenters. The second-order valence-corrected chi connectivity index (χ2v) is 8.47. The monoisotopic (exact) mass is 360 g/mol. The Labute approximate surface area is 153 Å². The van der Waals surface area contributed by atoms with Crippen LogP contribution in [0.4, 0.5) is 0 Å². The maximum absolute atomic E-state index is 10.9. The SMILES string of the molecule is CCCCC(C)(CC)C1C(CO)OC(OC(C)(C)CCC)C(O)C1O. The predicted molar refractivity (Wildman–Crippen MR) is 99.2 cm³/mol. The molecule has 0 aliphatic carbocycles. The quantitative estimate of drug-likeness (QED) is 0.557. The van der Waals surface area contributed by atoms with E-state index in [1.165, 1.54) is 0 Å². The summed E-state index contributed by atoms with van der Waals surface area (Å²) in [5.41, 5.74) is -0.656. The molecule has 0 spiro atoms. The van der Waals surface area contributed by atoms with Crippen molar-refractivity contribution in [2.45, 2.75) is 110 Å². The first-order chi connectivity index (χ1) is 11.7. The average Bonchev–Trinajstić information content (AvgIpc) is 2.56. The van der Waals surface area contributed by atoms with Gasteiger partial charge in [-0.15, -0.1) is 0 Å². The molecule has 0 aromatic rings. The van der Waals surface area contributed by atoms with Crippen molar-refractivity contribution in [2.24, 2.45) is 11.3 Å². The highest BCUT2D eigenvalue weighted by molar-refractivity contribution is 4.98. The molecule has 6 atom stereocenters. The van der Waals surface area contributed by atoms with Crippen LogP contribution in [0, 0.1) is 11.3 Å². The summed E-state index contributed by atoms with van der Waals surface area (Å²) >= 11 is 0. The maximum Gasteiger partial charge on any atom is 0.187 e. The zero-order valence-electron chi connectivity index (χ0n) is 17.0. The van der Waals surface area contributed by atoms with Gasteiger partial charge < -0.3 is 24.8 Å². The summed E-state index contributed by atoms with van der Waals surface area (Å²) in [5.74, 6) is -0.321. The summed E-state index contributed by atoms with van der Waals surface area (Å²) in [7, 11) is 0. The van der Waals surface area contributed by atoms with Gasteiger partial charge in [-0.3, -0.25) is 0 Å². The lowest BCUT2D eigenvalue weighted by atomic mass is 9.65. The average molecular weight is 361 g/mol. The summed E-state index contributed by atoms with van der Waals surface area (Å²) in [6.45, 7) is 12.2. The summed E-state index contributed by atoms with van der Waals surface area (Å²) < 4.78 is 11.9. The summed E-state index contributed by atoms with van der Waals surface area (Å²) in [6, 6.07) is 0. The van der Waals surface area contributed by atoms with Crippen molar-refractivity contribution in [2.75, 3.05) is 6.61 Å². The first-order valence-electron chi connectivity index (χ1n) is 9.96. The largest absolute Gasteiger partial charge is 0.394 e. The molecule has 0 aromatic heterocycles. The van der Waals surface area contributed by atoms with Gasteiger partial charge in [-0.25, -0.2) is 0 Å². The second kappa shape index (κ2) is 9.65. The van der Waals surface area contributed by atoms with Crippen molar-refractivity contribution in [1.29, 1.82) is 0 Å². The van der Waals surface area contributed by atoms with E-state index in [1.54, 1.807) is 0 Å². The third kappa shape index (κ3) is 5.64. The van der Waals surface area contributed by atoms with Crippen LogP contribution in [0.1, 0.15) is 80.1 Å². The van der Waals surface area contributed by atoms with Gasteiger partial charge in [-0.1, -0.05) is 53.4 Å². The zero-order chi connectivity index (χ0) is 19.3. The molecule has 1 fully saturated rings. The van der Waals surface area contributed by atoms with Gasteiger partial charge in [0, 0.05) is 5.92 Å². The molecule has 0 radical (unpaired) electrons. The van der Waals surface area contributed by atoms with Gasteiger partial charge in [-0.05, 0) is 32.1 Å². The Kier molecular flexibility index (Phi) is 8.82. The van der Waals surface area contributed by atoms with Crippen LogP contribution in [0.2, 0.25) is 0 Å². The summed E-state index contributed by atoms with van der Waals surface area (Å²) in [6.07, 6.45) is 2.14. The number of rotatable bonds is 10. The van der Waals surface area contributed by atoms with Crippen molar-refractivity contribution in [1.82, 2.24) is 0 Å². The van der Waals surface area contributed by atoms with E-state index in [0.29, 0.717) is 0 Å². The van der Waals surface area contributed by atoms with Gasteiger partial charge in [-0.2, -0.15) is 0 Å². The molecule has 1 saturated heterocycles. The molecule has 0 saturated carbocycles. The van der Waals surface area contributed by atoms with E-state index in [1.807, 2.05) is 13.8 Å². The van der Waals surface area contributed by atoms with Crippen LogP contribution in [0.15, 0.2) is 0 Å². The minimum Gasteiger partial charge on any atom is -0.394 e. The minimum absolute atomic E-state index is 0.190. The summed E-state index contributed by atoms with van der Waals surface area (Å²) in [5, 5.41) is 31.4. The van der Waals surface area contributed by atoms with Gasteiger partial charge in [0.2, 0.25) is 0 Å². The van der Waals surface area contributed by atoms with Crippen molar-refractivity contribution in [3.63, 3.8) is 0 Å². The van der Waals surface area contributed by atoms with E-state index >= 15 is 0 Å². The van der Waals surface area contributed by atoms with E-state index in [9.17, 15) is 15.3 Å². The fourth-order valence-electron chi connectivity index (χ4n) is 4.18. The molecule has 1 aliphatic rings. The van der Waals surface area contributed by atoms with E-state index in [0.717, 1.165) is 38.5 Å². The molecule has 5 heteroatoms. The van der Waals surface area contributed by atoms with Crippen molar-refractivity contribution >= 4 is 0 Å². The Balaban J connectivity index is 2.99. The molecule has 1 rings (SSSR count). The van der Waals surface area contributed by atoms with Gasteiger partial charge in [0.15, 0.2) is 6.29 Å². The van der Waals surface area contributed by atoms with E-state index in [-0.39, 0.29) is 17.9 Å². The molecule has 0 bridgehead atoms. The van der Waals surface area contributed by atoms with Crippen molar-refractivity contribution in [3.8, 4) is 0 Å². The molecular weight excluding hydrogens is 320 g/mol. The van der Waals surface area contributed by atoms with Crippen LogP contribution in [0.3, 0.4) is 0 Å². The molecule has 150 valence electrons. The van der Waals surface area contributed by atoms with Crippen molar-refractivity contribution < 1.29 is 24.8 Å². The Hall–Kier alpha value is -0.200. The highest BCUT2D eigenvalue weighted by atomic mass is 16.7. The lowest BCUT2D eigenvalue weighted by Gasteiger charge is -2.51. The molecule has 3 N–H and O–H groups in total. The first kappa shape index (κ1) is 22.8. The van der Waals surface area contributed by atoms with Gasteiger partial charge in [0.1, 0.15) is 6.10 Å². The number of unbranched alkanes of at least 4 members (excludes halogenated alkanes) is 1. The second-order valence-electron chi connectivity index (χ2n) is 8.47. The molecule has 5 nitrogen and oxygen atoms in total. The molecule has 0 amide bonds. The van der Waals surface area contributed by atoms with Crippen LogP contribution in [-0.4, -0.2) is 52.1 Å². The molecule has 25 heavy (non-hydrogen) atoms. The van der Waals surface area contributed by atoms with Crippen LogP contribution >= 0.6 is 0 Å². The first-order valence-corrected chi connectivity index (χ1v) is 9.96. The molecule has 1 aliphatic heterocycles. The number of ether oxygens (including phenoxy) is 2. The lowest BCUT2D eigenvalue weighted by Crippen LogP contribution is -2.61. The Morgan fingerprint density at radius 2 is 1.60 bits per heavy atom. The van der Waals surface area contributed by atoms with Crippen LogP contribution < -0.4 is 0 Å². The van der Waals surface area contributed by atoms with Crippen LogP contribution in [-0.2, 0) is 9.47 Å². The number of hydrogen-bond donors (Lipinski definition) is 3. The predicted octanol–water partition coefficient (Wildman–Crippen LogP) is 3.24. The van der Waals surface area contributed by atoms with Crippen LogP contribution in [0.5, 0.6) is 0 Å². The normalized spacial score (nSPS) is 33.2. The topological polar surface area (TPSA) is 79.2 Å². The lowest BCUT2D eigenvalue weighted by molar-refractivity contribution is -0.326.